The molecule has 1 aliphatic heterocycles. The first kappa shape index (κ1) is 11.7. The average Bonchev–Trinajstić information content (AvgIpc) is 2.98. The summed E-state index contributed by atoms with van der Waals surface area (Å²) in [7, 11) is 0. The van der Waals surface area contributed by atoms with Crippen LogP contribution in [-0.4, -0.2) is 22.1 Å². The summed E-state index contributed by atoms with van der Waals surface area (Å²) < 4.78 is 2.41. The van der Waals surface area contributed by atoms with E-state index >= 15 is 0 Å². The maximum Gasteiger partial charge on any atom is 0.112 e. The van der Waals surface area contributed by atoms with Crippen LogP contribution in [-0.2, 0) is 6.54 Å². The number of fused-ring (bicyclic) bond motifs is 1. The molecule has 2 heterocycles. The van der Waals surface area contributed by atoms with Gasteiger partial charge in [0.05, 0.1) is 11.0 Å². The predicted molar refractivity (Wildman–Crippen MR) is 74.8 cm³/mol. The molecule has 1 fully saturated rings. The van der Waals surface area contributed by atoms with Crippen LogP contribution in [0.3, 0.4) is 0 Å². The summed E-state index contributed by atoms with van der Waals surface area (Å²) in [5, 5.41) is 3.58. The van der Waals surface area contributed by atoms with Gasteiger partial charge in [-0.25, -0.2) is 4.98 Å². The Bertz CT molecular complexity index is 536. The number of benzene rings is 1. The van der Waals surface area contributed by atoms with Gasteiger partial charge in [0.1, 0.15) is 5.82 Å². The van der Waals surface area contributed by atoms with Gasteiger partial charge in [0.25, 0.3) is 0 Å². The Kier molecular flexibility index (Phi) is 3.08. The van der Waals surface area contributed by atoms with Crippen LogP contribution in [0.25, 0.3) is 11.0 Å². The molecule has 0 amide bonds. The Balaban J connectivity index is 2.03. The number of nitrogens with zero attached hydrogens (tertiary/aromatic N) is 2. The van der Waals surface area contributed by atoms with Crippen molar-refractivity contribution in [3.05, 3.63) is 30.1 Å². The zero-order chi connectivity index (χ0) is 12.5. The molecule has 3 nitrogen and oxygen atoms in total. The maximum absolute atomic E-state index is 4.79. The Morgan fingerprint density at radius 3 is 2.94 bits per heavy atom. The molecule has 0 unspecified atom stereocenters. The largest absolute Gasteiger partial charge is 0.326 e. The fraction of sp³-hybridized carbons (Fsp3) is 0.533. The van der Waals surface area contributed by atoms with Crippen molar-refractivity contribution < 1.29 is 0 Å². The van der Waals surface area contributed by atoms with Crippen molar-refractivity contribution in [3.63, 3.8) is 0 Å². The van der Waals surface area contributed by atoms with Crippen LogP contribution in [0.15, 0.2) is 24.3 Å². The molecule has 0 aliphatic carbocycles. The molecule has 1 saturated heterocycles. The smallest absolute Gasteiger partial charge is 0.112 e. The standard InChI is InChI=1S/C15H21N3/c1-11(2)15-17-13-7-3-4-8-14(13)18(15)10-12-6-5-9-16-12/h3-4,7-8,11-12,16H,5-6,9-10H2,1-2H3/t12-/m0/s1. The third-order valence-electron chi connectivity index (χ3n) is 3.77. The predicted octanol–water partition coefficient (Wildman–Crippen LogP) is 2.91. The molecule has 0 spiro atoms. The lowest BCUT2D eigenvalue weighted by Crippen LogP contribution is -2.27. The highest BCUT2D eigenvalue weighted by Gasteiger charge is 2.19. The zero-order valence-electron chi connectivity index (χ0n) is 11.2. The SMILES string of the molecule is CC(C)c1nc2ccccc2n1C[C@@H]1CCCN1. The molecule has 18 heavy (non-hydrogen) atoms. The molecule has 2 aromatic rings. The first-order chi connectivity index (χ1) is 8.75. The van der Waals surface area contributed by atoms with Gasteiger partial charge < -0.3 is 9.88 Å². The summed E-state index contributed by atoms with van der Waals surface area (Å²) in [5.74, 6) is 1.68. The molecule has 3 rings (SSSR count). The van der Waals surface area contributed by atoms with E-state index in [-0.39, 0.29) is 0 Å². The Hall–Kier alpha value is -1.35. The summed E-state index contributed by atoms with van der Waals surface area (Å²) in [6.07, 6.45) is 2.58. The van der Waals surface area contributed by atoms with Crippen LogP contribution < -0.4 is 5.32 Å². The van der Waals surface area contributed by atoms with Crippen molar-refractivity contribution in [2.45, 2.75) is 45.2 Å². The number of hydrogen-bond donors (Lipinski definition) is 1. The molecule has 96 valence electrons. The summed E-state index contributed by atoms with van der Waals surface area (Å²) in [4.78, 5) is 4.79. The fourth-order valence-corrected chi connectivity index (χ4v) is 2.86. The molecular weight excluding hydrogens is 222 g/mol. The van der Waals surface area contributed by atoms with Crippen LogP contribution in [0, 0.1) is 0 Å². The van der Waals surface area contributed by atoms with E-state index in [0.29, 0.717) is 12.0 Å². The molecule has 1 N–H and O–H groups in total. The molecule has 0 radical (unpaired) electrons. The monoisotopic (exact) mass is 243 g/mol. The number of para-hydroxylation sites is 2. The van der Waals surface area contributed by atoms with E-state index in [4.69, 9.17) is 4.98 Å². The van der Waals surface area contributed by atoms with Crippen LogP contribution in [0.1, 0.15) is 38.4 Å². The Morgan fingerprint density at radius 1 is 1.39 bits per heavy atom. The average molecular weight is 243 g/mol. The number of imidazole rings is 1. The molecule has 0 saturated carbocycles. The Labute approximate surface area is 108 Å². The van der Waals surface area contributed by atoms with Crippen LogP contribution in [0.5, 0.6) is 0 Å². The molecule has 1 aromatic carbocycles. The van der Waals surface area contributed by atoms with Crippen molar-refractivity contribution in [2.75, 3.05) is 6.54 Å². The summed E-state index contributed by atoms with van der Waals surface area (Å²) in [6, 6.07) is 9.08. The van der Waals surface area contributed by atoms with Gasteiger partial charge in [0.2, 0.25) is 0 Å². The van der Waals surface area contributed by atoms with E-state index in [1.54, 1.807) is 0 Å². The molecule has 1 atom stereocenters. The van der Waals surface area contributed by atoms with Crippen molar-refractivity contribution in [3.8, 4) is 0 Å². The summed E-state index contributed by atoms with van der Waals surface area (Å²) in [6.45, 7) is 6.65. The highest BCUT2D eigenvalue weighted by atomic mass is 15.1. The highest BCUT2D eigenvalue weighted by Crippen LogP contribution is 2.23. The van der Waals surface area contributed by atoms with E-state index in [1.807, 2.05) is 0 Å². The van der Waals surface area contributed by atoms with Gasteiger partial charge in [0.15, 0.2) is 0 Å². The van der Waals surface area contributed by atoms with Crippen LogP contribution in [0.4, 0.5) is 0 Å². The number of hydrogen-bond acceptors (Lipinski definition) is 2. The second-order valence-corrected chi connectivity index (χ2v) is 5.52. The summed E-state index contributed by atoms with van der Waals surface area (Å²) in [5.41, 5.74) is 2.40. The van der Waals surface area contributed by atoms with Crippen molar-refractivity contribution >= 4 is 11.0 Å². The second kappa shape index (κ2) is 4.73. The number of aromatic nitrogens is 2. The van der Waals surface area contributed by atoms with E-state index in [1.165, 1.54) is 24.2 Å². The Morgan fingerprint density at radius 2 is 2.22 bits per heavy atom. The molecular formula is C15H21N3. The zero-order valence-corrected chi connectivity index (χ0v) is 11.2. The van der Waals surface area contributed by atoms with E-state index < -0.39 is 0 Å². The summed E-state index contributed by atoms with van der Waals surface area (Å²) >= 11 is 0. The second-order valence-electron chi connectivity index (χ2n) is 5.52. The third-order valence-corrected chi connectivity index (χ3v) is 3.77. The fourth-order valence-electron chi connectivity index (χ4n) is 2.86. The minimum atomic E-state index is 0.471. The van der Waals surface area contributed by atoms with Crippen LogP contribution >= 0.6 is 0 Å². The van der Waals surface area contributed by atoms with Gasteiger partial charge in [-0.2, -0.15) is 0 Å². The molecule has 1 aliphatic rings. The van der Waals surface area contributed by atoms with Gasteiger partial charge in [-0.15, -0.1) is 0 Å². The van der Waals surface area contributed by atoms with Gasteiger partial charge in [-0.3, -0.25) is 0 Å². The minimum absolute atomic E-state index is 0.471. The van der Waals surface area contributed by atoms with Gasteiger partial charge >= 0.3 is 0 Å². The molecule has 3 heteroatoms. The lowest BCUT2D eigenvalue weighted by atomic mass is 10.2. The van der Waals surface area contributed by atoms with Gasteiger partial charge in [0, 0.05) is 18.5 Å². The van der Waals surface area contributed by atoms with Gasteiger partial charge in [-0.05, 0) is 31.5 Å². The topological polar surface area (TPSA) is 29.9 Å². The first-order valence-electron chi connectivity index (χ1n) is 6.94. The quantitative estimate of drug-likeness (QED) is 0.898. The van der Waals surface area contributed by atoms with Gasteiger partial charge in [-0.1, -0.05) is 26.0 Å². The minimum Gasteiger partial charge on any atom is -0.326 e. The lowest BCUT2D eigenvalue weighted by Gasteiger charge is -2.16. The van der Waals surface area contributed by atoms with E-state index in [9.17, 15) is 0 Å². The normalized spacial score (nSPS) is 20.1. The third kappa shape index (κ3) is 2.03. The maximum atomic E-state index is 4.79. The van der Waals surface area contributed by atoms with Crippen molar-refractivity contribution in [1.82, 2.24) is 14.9 Å². The number of nitrogens with one attached hydrogen (secondary N) is 1. The van der Waals surface area contributed by atoms with Crippen molar-refractivity contribution in [1.29, 1.82) is 0 Å². The van der Waals surface area contributed by atoms with E-state index in [0.717, 1.165) is 18.6 Å². The highest BCUT2D eigenvalue weighted by molar-refractivity contribution is 5.76. The van der Waals surface area contributed by atoms with Crippen LogP contribution in [0.2, 0.25) is 0 Å². The number of rotatable bonds is 3. The lowest BCUT2D eigenvalue weighted by molar-refractivity contribution is 0.497. The first-order valence-corrected chi connectivity index (χ1v) is 6.94. The van der Waals surface area contributed by atoms with Crippen molar-refractivity contribution in [2.24, 2.45) is 0 Å². The molecule has 1 aromatic heterocycles. The molecule has 0 bridgehead atoms. The van der Waals surface area contributed by atoms with E-state index in [2.05, 4.69) is 48.0 Å².